The summed E-state index contributed by atoms with van der Waals surface area (Å²) >= 11 is 12.0. The molecule has 5 nitrogen and oxygen atoms in total. The maximum Gasteiger partial charge on any atom is 0.248 e. The van der Waals surface area contributed by atoms with Crippen molar-refractivity contribution < 1.29 is 9.59 Å². The van der Waals surface area contributed by atoms with Gasteiger partial charge in [-0.2, -0.15) is 0 Å². The second kappa shape index (κ2) is 10.2. The minimum Gasteiger partial charge on any atom is -0.339 e. The van der Waals surface area contributed by atoms with Crippen molar-refractivity contribution in [2.24, 2.45) is 0 Å². The molecular weight excluding hydrogens is 421 g/mol. The minimum atomic E-state index is -0.859. The molecule has 0 N–H and O–H groups in total. The molecule has 0 radical (unpaired) electrons. The quantitative estimate of drug-likeness (QED) is 0.604. The average Bonchev–Trinajstić information content (AvgIpc) is 2.72. The van der Waals surface area contributed by atoms with E-state index in [4.69, 9.17) is 23.2 Å². The number of hydrogen-bond donors (Lipinski definition) is 0. The second-order valence-electron chi connectivity index (χ2n) is 8.60. The van der Waals surface area contributed by atoms with Gasteiger partial charge in [0, 0.05) is 25.7 Å². The third-order valence-electron chi connectivity index (χ3n) is 6.06. The number of nitrogens with zero attached hydrogens (tertiary/aromatic N) is 3. The summed E-state index contributed by atoms with van der Waals surface area (Å²) in [5, 5.41) is 0.920. The van der Waals surface area contributed by atoms with E-state index >= 15 is 0 Å². The van der Waals surface area contributed by atoms with Crippen LogP contribution in [-0.4, -0.2) is 71.3 Å². The van der Waals surface area contributed by atoms with Gasteiger partial charge in [-0.3, -0.25) is 9.59 Å². The Morgan fingerprint density at radius 2 is 1.77 bits per heavy atom. The van der Waals surface area contributed by atoms with Crippen molar-refractivity contribution in [2.45, 2.75) is 45.1 Å². The molecule has 2 saturated heterocycles. The first-order chi connectivity index (χ1) is 14.3. The number of carbonyl (C=O) groups is 2. The Morgan fingerprint density at radius 1 is 1.03 bits per heavy atom. The fourth-order valence-corrected chi connectivity index (χ4v) is 4.55. The third-order valence-corrected chi connectivity index (χ3v) is 6.80. The first-order valence-corrected chi connectivity index (χ1v) is 11.5. The van der Waals surface area contributed by atoms with Crippen LogP contribution in [0.25, 0.3) is 6.08 Å². The number of piperidine rings is 1. The summed E-state index contributed by atoms with van der Waals surface area (Å²) in [5.41, 5.74) is -0.0687. The van der Waals surface area contributed by atoms with E-state index in [1.54, 1.807) is 29.2 Å². The van der Waals surface area contributed by atoms with Gasteiger partial charge < -0.3 is 14.7 Å². The van der Waals surface area contributed by atoms with Crippen LogP contribution in [0.1, 0.15) is 45.1 Å². The van der Waals surface area contributed by atoms with Crippen LogP contribution in [0, 0.1) is 0 Å². The standard InChI is InChI=1S/C23H31Cl2N3O2/c1-23(2)22(30)27(14-6-13-26-11-4-3-5-12-26)15-16-28(23)21(29)10-8-18-7-9-19(24)20(25)17-18/h7-10,17H,3-6,11-16H2,1-2H3. The summed E-state index contributed by atoms with van der Waals surface area (Å²) in [7, 11) is 0. The molecule has 30 heavy (non-hydrogen) atoms. The number of rotatable bonds is 6. The third kappa shape index (κ3) is 5.57. The topological polar surface area (TPSA) is 43.9 Å². The smallest absolute Gasteiger partial charge is 0.248 e. The molecule has 0 saturated carbocycles. The minimum absolute atomic E-state index is 0.0173. The van der Waals surface area contributed by atoms with Crippen molar-refractivity contribution in [3.8, 4) is 0 Å². The molecule has 1 aromatic carbocycles. The normalized spacial score (nSPS) is 20.2. The molecule has 0 spiro atoms. The van der Waals surface area contributed by atoms with Gasteiger partial charge in [0.2, 0.25) is 11.8 Å². The molecule has 2 aliphatic rings. The van der Waals surface area contributed by atoms with E-state index < -0.39 is 5.54 Å². The highest BCUT2D eigenvalue weighted by molar-refractivity contribution is 6.42. The Labute approximate surface area is 189 Å². The number of benzene rings is 1. The zero-order chi connectivity index (χ0) is 21.7. The highest BCUT2D eigenvalue weighted by Gasteiger charge is 2.43. The Balaban J connectivity index is 1.55. The predicted molar refractivity (Wildman–Crippen MR) is 123 cm³/mol. The van der Waals surface area contributed by atoms with E-state index in [0.29, 0.717) is 23.1 Å². The van der Waals surface area contributed by atoms with Crippen molar-refractivity contribution in [3.05, 3.63) is 39.9 Å². The van der Waals surface area contributed by atoms with Gasteiger partial charge in [-0.15, -0.1) is 0 Å². The summed E-state index contributed by atoms with van der Waals surface area (Å²) in [4.78, 5) is 31.9. The van der Waals surface area contributed by atoms with E-state index in [0.717, 1.165) is 25.1 Å². The summed E-state index contributed by atoms with van der Waals surface area (Å²) < 4.78 is 0. The number of halogens is 2. The number of likely N-dealkylation sites (tertiary alicyclic amines) is 1. The lowest BCUT2D eigenvalue weighted by molar-refractivity contribution is -0.156. The number of carbonyl (C=O) groups excluding carboxylic acids is 2. The van der Waals surface area contributed by atoms with Crippen LogP contribution in [0.15, 0.2) is 24.3 Å². The zero-order valence-corrected chi connectivity index (χ0v) is 19.4. The van der Waals surface area contributed by atoms with Gasteiger partial charge in [0.05, 0.1) is 10.0 Å². The van der Waals surface area contributed by atoms with Crippen LogP contribution in [0.3, 0.4) is 0 Å². The predicted octanol–water partition coefficient (Wildman–Crippen LogP) is 4.33. The van der Waals surface area contributed by atoms with Crippen LogP contribution in [-0.2, 0) is 9.59 Å². The lowest BCUT2D eigenvalue weighted by Crippen LogP contribution is -2.64. The monoisotopic (exact) mass is 451 g/mol. The van der Waals surface area contributed by atoms with Crippen molar-refractivity contribution in [3.63, 3.8) is 0 Å². The number of hydrogen-bond acceptors (Lipinski definition) is 3. The van der Waals surface area contributed by atoms with Crippen LogP contribution >= 0.6 is 23.2 Å². The molecule has 0 aliphatic carbocycles. The van der Waals surface area contributed by atoms with Crippen molar-refractivity contribution in [1.82, 2.24) is 14.7 Å². The summed E-state index contributed by atoms with van der Waals surface area (Å²) in [6.07, 6.45) is 8.08. The molecule has 7 heteroatoms. The maximum atomic E-state index is 13.1. The SMILES string of the molecule is CC1(C)C(=O)N(CCCN2CCCCC2)CCN1C(=O)C=Cc1ccc(Cl)c(Cl)c1. The molecule has 3 rings (SSSR count). The van der Waals surface area contributed by atoms with Gasteiger partial charge >= 0.3 is 0 Å². The molecule has 2 heterocycles. The lowest BCUT2D eigenvalue weighted by Gasteiger charge is -2.45. The Hall–Kier alpha value is -1.56. The second-order valence-corrected chi connectivity index (χ2v) is 9.42. The van der Waals surface area contributed by atoms with E-state index in [1.165, 1.54) is 38.4 Å². The van der Waals surface area contributed by atoms with E-state index in [9.17, 15) is 9.59 Å². The molecule has 0 aromatic heterocycles. The highest BCUT2D eigenvalue weighted by atomic mass is 35.5. The summed E-state index contributed by atoms with van der Waals surface area (Å²) in [5.74, 6) is -0.156. The van der Waals surface area contributed by atoms with Gasteiger partial charge in [0.25, 0.3) is 0 Å². The van der Waals surface area contributed by atoms with Crippen LogP contribution < -0.4 is 0 Å². The largest absolute Gasteiger partial charge is 0.339 e. The maximum absolute atomic E-state index is 13.1. The molecule has 164 valence electrons. The van der Waals surface area contributed by atoms with Gasteiger partial charge in [0.15, 0.2) is 0 Å². The molecule has 0 unspecified atom stereocenters. The highest BCUT2D eigenvalue weighted by Crippen LogP contribution is 2.25. The van der Waals surface area contributed by atoms with E-state index in [2.05, 4.69) is 4.90 Å². The fourth-order valence-electron chi connectivity index (χ4n) is 4.24. The summed E-state index contributed by atoms with van der Waals surface area (Å²) in [6, 6.07) is 5.21. The fraction of sp³-hybridized carbons (Fsp3) is 0.565. The molecule has 1 aromatic rings. The Kier molecular flexibility index (Phi) is 7.83. The van der Waals surface area contributed by atoms with Crippen LogP contribution in [0.4, 0.5) is 0 Å². The summed E-state index contributed by atoms with van der Waals surface area (Å²) in [6.45, 7) is 8.91. The Bertz CT molecular complexity index is 804. The van der Waals surface area contributed by atoms with Crippen LogP contribution in [0.5, 0.6) is 0 Å². The average molecular weight is 452 g/mol. The van der Waals surface area contributed by atoms with E-state index in [-0.39, 0.29) is 11.8 Å². The molecule has 2 aliphatic heterocycles. The zero-order valence-electron chi connectivity index (χ0n) is 17.9. The first-order valence-electron chi connectivity index (χ1n) is 10.8. The number of amides is 2. The number of piperazine rings is 1. The molecule has 2 fully saturated rings. The molecule has 2 amide bonds. The molecule has 0 atom stereocenters. The van der Waals surface area contributed by atoms with E-state index in [1.807, 2.05) is 18.7 Å². The first kappa shape index (κ1) is 23.1. The van der Waals surface area contributed by atoms with Gasteiger partial charge in [-0.05, 0) is 76.5 Å². The molecular formula is C23H31Cl2N3O2. The van der Waals surface area contributed by atoms with Gasteiger partial charge in [-0.25, -0.2) is 0 Å². The van der Waals surface area contributed by atoms with Crippen molar-refractivity contribution >= 4 is 41.1 Å². The van der Waals surface area contributed by atoms with Crippen LogP contribution in [0.2, 0.25) is 10.0 Å². The lowest BCUT2D eigenvalue weighted by atomic mass is 9.97. The molecule has 0 bridgehead atoms. The van der Waals surface area contributed by atoms with Gasteiger partial charge in [-0.1, -0.05) is 35.7 Å². The van der Waals surface area contributed by atoms with Crippen molar-refractivity contribution in [2.75, 3.05) is 39.3 Å². The van der Waals surface area contributed by atoms with Gasteiger partial charge in [0.1, 0.15) is 5.54 Å². The van der Waals surface area contributed by atoms with Crippen molar-refractivity contribution in [1.29, 1.82) is 0 Å². The Morgan fingerprint density at radius 3 is 2.47 bits per heavy atom.